The van der Waals surface area contributed by atoms with Crippen LogP contribution in [0.4, 0.5) is 0 Å². The zero-order valence-corrected chi connectivity index (χ0v) is 14.8. The third kappa shape index (κ3) is 2.91. The summed E-state index contributed by atoms with van der Waals surface area (Å²) in [5.74, 6) is 0.501. The van der Waals surface area contributed by atoms with Gasteiger partial charge in [-0.25, -0.2) is 9.97 Å². The van der Waals surface area contributed by atoms with Gasteiger partial charge in [-0.05, 0) is 32.6 Å². The standard InChI is InChI=1S/C16H16N4O2S2/c1-9-6-13(21)19-15(17-9)23-8-10-7-14(22)20-11-4-2-3-5-12(11)24-16(20)18-10/h6-7H,2-5,8H2,1H3,(H,17,19,21). The van der Waals surface area contributed by atoms with Crippen LogP contribution in [0.3, 0.4) is 0 Å². The molecule has 0 unspecified atom stereocenters. The van der Waals surface area contributed by atoms with Gasteiger partial charge in [0.15, 0.2) is 10.1 Å². The Kier molecular flexibility index (Phi) is 4.01. The Balaban J connectivity index is 1.65. The number of aromatic amines is 1. The lowest BCUT2D eigenvalue weighted by molar-refractivity contribution is 0.670. The van der Waals surface area contributed by atoms with Gasteiger partial charge in [-0.2, -0.15) is 0 Å². The van der Waals surface area contributed by atoms with Gasteiger partial charge in [-0.15, -0.1) is 11.3 Å². The van der Waals surface area contributed by atoms with Crippen LogP contribution in [-0.4, -0.2) is 19.4 Å². The number of thioether (sulfide) groups is 1. The molecular weight excluding hydrogens is 344 g/mol. The lowest BCUT2D eigenvalue weighted by Crippen LogP contribution is -2.17. The van der Waals surface area contributed by atoms with E-state index in [4.69, 9.17) is 0 Å². The van der Waals surface area contributed by atoms with E-state index in [1.54, 1.807) is 28.7 Å². The van der Waals surface area contributed by atoms with Crippen LogP contribution < -0.4 is 11.1 Å². The fourth-order valence-corrected chi connectivity index (χ4v) is 5.02. The first-order valence-electron chi connectivity index (χ1n) is 7.84. The number of aromatic nitrogens is 4. The predicted octanol–water partition coefficient (Wildman–Crippen LogP) is 2.32. The summed E-state index contributed by atoms with van der Waals surface area (Å²) in [7, 11) is 0. The molecule has 1 aliphatic carbocycles. The minimum atomic E-state index is -0.167. The van der Waals surface area contributed by atoms with E-state index in [1.165, 1.54) is 29.1 Å². The summed E-state index contributed by atoms with van der Waals surface area (Å²) in [6, 6.07) is 3.05. The normalized spacial score (nSPS) is 14.0. The summed E-state index contributed by atoms with van der Waals surface area (Å²) >= 11 is 3.01. The van der Waals surface area contributed by atoms with Crippen molar-refractivity contribution in [1.82, 2.24) is 19.4 Å². The molecule has 1 aliphatic rings. The van der Waals surface area contributed by atoms with Crippen molar-refractivity contribution >= 4 is 28.1 Å². The molecule has 0 saturated heterocycles. The number of fused-ring (bicyclic) bond motifs is 3. The monoisotopic (exact) mass is 360 g/mol. The molecule has 4 rings (SSSR count). The summed E-state index contributed by atoms with van der Waals surface area (Å²) in [4.78, 5) is 37.7. The van der Waals surface area contributed by atoms with Crippen LogP contribution in [0.15, 0.2) is 26.9 Å². The third-order valence-electron chi connectivity index (χ3n) is 4.02. The van der Waals surface area contributed by atoms with E-state index in [0.29, 0.717) is 22.3 Å². The van der Waals surface area contributed by atoms with Gasteiger partial charge in [0.25, 0.3) is 11.1 Å². The maximum absolute atomic E-state index is 12.5. The van der Waals surface area contributed by atoms with E-state index in [9.17, 15) is 9.59 Å². The van der Waals surface area contributed by atoms with Crippen LogP contribution in [0.2, 0.25) is 0 Å². The van der Waals surface area contributed by atoms with Gasteiger partial charge >= 0.3 is 0 Å². The Morgan fingerprint density at radius 2 is 2.08 bits per heavy atom. The lowest BCUT2D eigenvalue weighted by atomic mass is 10.0. The van der Waals surface area contributed by atoms with E-state index < -0.39 is 0 Å². The van der Waals surface area contributed by atoms with Gasteiger partial charge < -0.3 is 4.98 Å². The van der Waals surface area contributed by atoms with Crippen molar-refractivity contribution in [3.8, 4) is 0 Å². The van der Waals surface area contributed by atoms with Crippen molar-refractivity contribution in [2.45, 2.75) is 43.5 Å². The van der Waals surface area contributed by atoms with Crippen molar-refractivity contribution in [1.29, 1.82) is 0 Å². The number of thiazole rings is 1. The van der Waals surface area contributed by atoms with Crippen molar-refractivity contribution in [3.05, 3.63) is 54.8 Å². The fraction of sp³-hybridized carbons (Fsp3) is 0.375. The largest absolute Gasteiger partial charge is 0.301 e. The van der Waals surface area contributed by atoms with Crippen LogP contribution in [0.25, 0.3) is 4.96 Å². The van der Waals surface area contributed by atoms with E-state index >= 15 is 0 Å². The molecule has 3 aromatic heterocycles. The number of aryl methyl sites for hydroxylation is 3. The Labute approximate surface area is 146 Å². The van der Waals surface area contributed by atoms with Crippen LogP contribution >= 0.6 is 23.1 Å². The van der Waals surface area contributed by atoms with Gasteiger partial charge in [-0.3, -0.25) is 14.0 Å². The van der Waals surface area contributed by atoms with Crippen molar-refractivity contribution in [3.63, 3.8) is 0 Å². The van der Waals surface area contributed by atoms with E-state index in [1.807, 2.05) is 0 Å². The molecular formula is C16H16N4O2S2. The van der Waals surface area contributed by atoms with Gasteiger partial charge in [-0.1, -0.05) is 11.8 Å². The predicted molar refractivity (Wildman–Crippen MR) is 95.1 cm³/mol. The molecule has 0 aliphatic heterocycles. The van der Waals surface area contributed by atoms with Crippen LogP contribution in [0.1, 0.15) is 34.8 Å². The van der Waals surface area contributed by atoms with Gasteiger partial charge in [0.2, 0.25) is 0 Å². The van der Waals surface area contributed by atoms with Crippen LogP contribution in [0.5, 0.6) is 0 Å². The molecule has 1 N–H and O–H groups in total. The molecule has 0 saturated carbocycles. The van der Waals surface area contributed by atoms with Crippen molar-refractivity contribution < 1.29 is 0 Å². The molecule has 0 spiro atoms. The molecule has 0 bridgehead atoms. The summed E-state index contributed by atoms with van der Waals surface area (Å²) in [6.45, 7) is 1.78. The van der Waals surface area contributed by atoms with E-state index in [0.717, 1.165) is 29.9 Å². The highest BCUT2D eigenvalue weighted by atomic mass is 32.2. The second-order valence-corrected chi connectivity index (χ2v) is 7.89. The lowest BCUT2D eigenvalue weighted by Gasteiger charge is -2.10. The Morgan fingerprint density at radius 1 is 1.25 bits per heavy atom. The highest BCUT2D eigenvalue weighted by Crippen LogP contribution is 2.28. The Hall–Kier alpha value is -1.93. The molecule has 6 nitrogen and oxygen atoms in total. The molecule has 3 heterocycles. The first-order chi connectivity index (χ1) is 11.6. The SMILES string of the molecule is Cc1cc(=O)[nH]c(SCc2cc(=O)n3c4c(sc3n2)CCCC4)n1. The van der Waals surface area contributed by atoms with Crippen molar-refractivity contribution in [2.75, 3.05) is 0 Å². The quantitative estimate of drug-likeness (QED) is 0.573. The third-order valence-corrected chi connectivity index (χ3v) is 6.07. The molecule has 8 heteroatoms. The molecule has 0 fully saturated rings. The number of hydrogen-bond acceptors (Lipinski definition) is 6. The molecule has 124 valence electrons. The Morgan fingerprint density at radius 3 is 2.92 bits per heavy atom. The number of nitrogens with one attached hydrogen (secondary N) is 1. The molecule has 24 heavy (non-hydrogen) atoms. The highest BCUT2D eigenvalue weighted by molar-refractivity contribution is 7.98. The number of H-pyrrole nitrogens is 1. The second kappa shape index (κ2) is 6.18. The maximum atomic E-state index is 12.5. The number of hydrogen-bond donors (Lipinski definition) is 1. The number of nitrogens with zero attached hydrogens (tertiary/aromatic N) is 3. The summed E-state index contributed by atoms with van der Waals surface area (Å²) in [5.41, 5.74) is 2.35. The summed E-state index contributed by atoms with van der Waals surface area (Å²) in [6.07, 6.45) is 4.32. The fourth-order valence-electron chi connectivity index (χ4n) is 2.98. The zero-order valence-electron chi connectivity index (χ0n) is 13.2. The molecule has 0 radical (unpaired) electrons. The highest BCUT2D eigenvalue weighted by Gasteiger charge is 2.18. The minimum absolute atomic E-state index is 0.0132. The average molecular weight is 360 g/mol. The molecule has 0 atom stereocenters. The van der Waals surface area contributed by atoms with Gasteiger partial charge in [0, 0.05) is 34.2 Å². The minimum Gasteiger partial charge on any atom is -0.301 e. The molecule has 0 amide bonds. The summed E-state index contributed by atoms with van der Waals surface area (Å²) < 4.78 is 1.76. The van der Waals surface area contributed by atoms with Crippen LogP contribution in [-0.2, 0) is 18.6 Å². The zero-order chi connectivity index (χ0) is 16.7. The molecule has 0 aromatic carbocycles. The number of rotatable bonds is 3. The average Bonchev–Trinajstić information content (AvgIpc) is 2.91. The summed E-state index contributed by atoms with van der Waals surface area (Å²) in [5, 5.41) is 0.549. The topological polar surface area (TPSA) is 80.1 Å². The first kappa shape index (κ1) is 15.6. The molecule has 3 aromatic rings. The van der Waals surface area contributed by atoms with E-state index in [2.05, 4.69) is 15.0 Å². The smallest absolute Gasteiger partial charge is 0.259 e. The van der Waals surface area contributed by atoms with Crippen molar-refractivity contribution in [2.24, 2.45) is 0 Å². The Bertz CT molecular complexity index is 1030. The van der Waals surface area contributed by atoms with Crippen LogP contribution in [0, 0.1) is 6.92 Å². The van der Waals surface area contributed by atoms with Gasteiger partial charge in [0.05, 0.1) is 5.69 Å². The second-order valence-electron chi connectivity index (χ2n) is 5.86. The maximum Gasteiger partial charge on any atom is 0.259 e. The first-order valence-corrected chi connectivity index (χ1v) is 9.64. The van der Waals surface area contributed by atoms with E-state index in [-0.39, 0.29) is 11.1 Å². The van der Waals surface area contributed by atoms with Gasteiger partial charge in [0.1, 0.15) is 0 Å².